The summed E-state index contributed by atoms with van der Waals surface area (Å²) in [5, 5.41) is 0. The molecule has 20 heavy (non-hydrogen) atoms. The standard InChI is InChI=1S/C13H12F3N3O/c14-13(15,16)10-3-1-2-4-11(10)20-12-18-7-9(5-6-17)8-19-12/h1-4,7-8H,5-6,17H2. The molecule has 7 heteroatoms. The molecule has 0 aliphatic rings. The monoisotopic (exact) mass is 283 g/mol. The summed E-state index contributed by atoms with van der Waals surface area (Å²) in [6.45, 7) is 0.445. The number of nitrogens with two attached hydrogens (primary N) is 1. The van der Waals surface area contributed by atoms with Gasteiger partial charge in [-0.25, -0.2) is 9.97 Å². The van der Waals surface area contributed by atoms with Crippen LogP contribution in [0.15, 0.2) is 36.7 Å². The van der Waals surface area contributed by atoms with Gasteiger partial charge in [0.25, 0.3) is 0 Å². The molecule has 2 N–H and O–H groups in total. The zero-order valence-corrected chi connectivity index (χ0v) is 10.4. The van der Waals surface area contributed by atoms with E-state index in [1.165, 1.54) is 30.6 Å². The summed E-state index contributed by atoms with van der Waals surface area (Å²) in [5.74, 6) is -0.327. The van der Waals surface area contributed by atoms with Crippen molar-refractivity contribution in [3.63, 3.8) is 0 Å². The Morgan fingerprint density at radius 3 is 2.35 bits per heavy atom. The minimum Gasteiger partial charge on any atom is -0.424 e. The van der Waals surface area contributed by atoms with Crippen LogP contribution in [0.25, 0.3) is 0 Å². The lowest BCUT2D eigenvalue weighted by Gasteiger charge is -2.12. The first-order valence-corrected chi connectivity index (χ1v) is 5.86. The number of alkyl halides is 3. The van der Waals surface area contributed by atoms with Gasteiger partial charge in [-0.2, -0.15) is 13.2 Å². The Morgan fingerprint density at radius 2 is 1.75 bits per heavy atom. The van der Waals surface area contributed by atoms with Crippen LogP contribution >= 0.6 is 0 Å². The molecule has 0 saturated carbocycles. The fourth-order valence-electron chi connectivity index (χ4n) is 1.58. The van der Waals surface area contributed by atoms with Crippen molar-refractivity contribution in [2.75, 3.05) is 6.54 Å². The van der Waals surface area contributed by atoms with E-state index in [-0.39, 0.29) is 11.8 Å². The molecule has 1 heterocycles. The number of halogens is 3. The van der Waals surface area contributed by atoms with E-state index in [2.05, 4.69) is 9.97 Å². The smallest absolute Gasteiger partial charge is 0.419 e. The van der Waals surface area contributed by atoms with E-state index in [4.69, 9.17) is 10.5 Å². The van der Waals surface area contributed by atoms with Crippen molar-refractivity contribution in [3.05, 3.63) is 47.8 Å². The molecule has 0 aliphatic heterocycles. The lowest BCUT2D eigenvalue weighted by molar-refractivity contribution is -0.138. The Balaban J connectivity index is 2.22. The molecule has 1 aromatic heterocycles. The quantitative estimate of drug-likeness (QED) is 0.937. The molecule has 0 spiro atoms. The first-order chi connectivity index (χ1) is 9.50. The molecule has 0 unspecified atom stereocenters. The average Bonchev–Trinajstić information content (AvgIpc) is 2.41. The van der Waals surface area contributed by atoms with Crippen molar-refractivity contribution >= 4 is 0 Å². The van der Waals surface area contributed by atoms with Crippen molar-refractivity contribution in [3.8, 4) is 11.8 Å². The third-order valence-electron chi connectivity index (χ3n) is 2.51. The van der Waals surface area contributed by atoms with E-state index in [1.54, 1.807) is 0 Å². The van der Waals surface area contributed by atoms with Gasteiger partial charge in [0.1, 0.15) is 5.75 Å². The van der Waals surface area contributed by atoms with Gasteiger partial charge < -0.3 is 10.5 Å². The van der Waals surface area contributed by atoms with Crippen LogP contribution in [-0.4, -0.2) is 16.5 Å². The van der Waals surface area contributed by atoms with Gasteiger partial charge in [0.2, 0.25) is 0 Å². The minimum absolute atomic E-state index is 0.137. The molecule has 0 atom stereocenters. The number of nitrogens with zero attached hydrogens (tertiary/aromatic N) is 2. The zero-order valence-electron chi connectivity index (χ0n) is 10.4. The van der Waals surface area contributed by atoms with Gasteiger partial charge in [-0.05, 0) is 30.7 Å². The van der Waals surface area contributed by atoms with Gasteiger partial charge in [0, 0.05) is 12.4 Å². The van der Waals surface area contributed by atoms with E-state index in [9.17, 15) is 13.2 Å². The van der Waals surface area contributed by atoms with Crippen LogP contribution in [0.1, 0.15) is 11.1 Å². The SMILES string of the molecule is NCCc1cnc(Oc2ccccc2C(F)(F)F)nc1. The Bertz CT molecular complexity index is 570. The lowest BCUT2D eigenvalue weighted by atomic mass is 10.2. The van der Waals surface area contributed by atoms with E-state index < -0.39 is 11.7 Å². The summed E-state index contributed by atoms with van der Waals surface area (Å²) in [4.78, 5) is 7.72. The van der Waals surface area contributed by atoms with Gasteiger partial charge >= 0.3 is 12.2 Å². The Hall–Kier alpha value is -2.15. The maximum Gasteiger partial charge on any atom is 0.419 e. The molecular formula is C13H12F3N3O. The number of hydrogen-bond acceptors (Lipinski definition) is 4. The van der Waals surface area contributed by atoms with Gasteiger partial charge in [0.05, 0.1) is 5.56 Å². The highest BCUT2D eigenvalue weighted by molar-refractivity contribution is 5.37. The average molecular weight is 283 g/mol. The fourth-order valence-corrected chi connectivity index (χ4v) is 1.58. The molecular weight excluding hydrogens is 271 g/mol. The van der Waals surface area contributed by atoms with Crippen LogP contribution in [0.5, 0.6) is 11.8 Å². The molecule has 0 bridgehead atoms. The summed E-state index contributed by atoms with van der Waals surface area (Å²) in [6, 6.07) is 4.77. The molecule has 0 radical (unpaired) electrons. The molecule has 2 aromatic rings. The number of para-hydroxylation sites is 1. The van der Waals surface area contributed by atoms with Crippen LogP contribution in [0.2, 0.25) is 0 Å². The van der Waals surface area contributed by atoms with Gasteiger partial charge in [0.15, 0.2) is 0 Å². The summed E-state index contributed by atoms with van der Waals surface area (Å²) in [7, 11) is 0. The van der Waals surface area contributed by atoms with Gasteiger partial charge in [-0.1, -0.05) is 12.1 Å². The number of hydrogen-bond donors (Lipinski definition) is 1. The van der Waals surface area contributed by atoms with Crippen molar-refractivity contribution in [2.24, 2.45) is 5.73 Å². The summed E-state index contributed by atoms with van der Waals surface area (Å²) in [6.07, 6.45) is -0.938. The number of benzene rings is 1. The van der Waals surface area contributed by atoms with Crippen LogP contribution in [0.4, 0.5) is 13.2 Å². The minimum atomic E-state index is -4.49. The number of aromatic nitrogens is 2. The number of rotatable bonds is 4. The molecule has 0 aliphatic carbocycles. The van der Waals surface area contributed by atoms with Crippen LogP contribution in [0, 0.1) is 0 Å². The maximum absolute atomic E-state index is 12.8. The van der Waals surface area contributed by atoms with Gasteiger partial charge in [-0.15, -0.1) is 0 Å². The summed E-state index contributed by atoms with van der Waals surface area (Å²) < 4.78 is 43.4. The predicted molar refractivity (Wildman–Crippen MR) is 66.3 cm³/mol. The topological polar surface area (TPSA) is 61.0 Å². The first kappa shape index (κ1) is 14.3. The largest absolute Gasteiger partial charge is 0.424 e. The fraction of sp³-hybridized carbons (Fsp3) is 0.231. The maximum atomic E-state index is 12.8. The van der Waals surface area contributed by atoms with Crippen molar-refractivity contribution in [1.82, 2.24) is 9.97 Å². The predicted octanol–water partition coefficient (Wildman–Crippen LogP) is 2.79. The normalized spacial score (nSPS) is 11.4. The van der Waals surface area contributed by atoms with Crippen LogP contribution < -0.4 is 10.5 Å². The van der Waals surface area contributed by atoms with Crippen molar-refractivity contribution in [1.29, 1.82) is 0 Å². The lowest BCUT2D eigenvalue weighted by Crippen LogP contribution is -2.08. The summed E-state index contributed by atoms with van der Waals surface area (Å²) in [5.41, 5.74) is 5.31. The molecule has 0 saturated heterocycles. The third kappa shape index (κ3) is 3.45. The van der Waals surface area contributed by atoms with E-state index in [0.29, 0.717) is 13.0 Å². The zero-order chi connectivity index (χ0) is 14.6. The second-order valence-electron chi connectivity index (χ2n) is 4.01. The molecule has 4 nitrogen and oxygen atoms in total. The van der Waals surface area contributed by atoms with Crippen LogP contribution in [0.3, 0.4) is 0 Å². The van der Waals surface area contributed by atoms with E-state index in [0.717, 1.165) is 11.6 Å². The van der Waals surface area contributed by atoms with Gasteiger partial charge in [-0.3, -0.25) is 0 Å². The number of ether oxygens (including phenoxy) is 1. The highest BCUT2D eigenvalue weighted by Crippen LogP contribution is 2.37. The third-order valence-corrected chi connectivity index (χ3v) is 2.51. The molecule has 1 aromatic carbocycles. The van der Waals surface area contributed by atoms with E-state index in [1.807, 2.05) is 0 Å². The molecule has 2 rings (SSSR count). The Kier molecular flexibility index (Phi) is 4.19. The summed E-state index contributed by atoms with van der Waals surface area (Å²) >= 11 is 0. The van der Waals surface area contributed by atoms with Crippen molar-refractivity contribution in [2.45, 2.75) is 12.6 Å². The van der Waals surface area contributed by atoms with Crippen LogP contribution in [-0.2, 0) is 12.6 Å². The molecule has 0 amide bonds. The molecule has 106 valence electrons. The first-order valence-electron chi connectivity index (χ1n) is 5.86. The van der Waals surface area contributed by atoms with E-state index >= 15 is 0 Å². The second kappa shape index (κ2) is 5.87. The Morgan fingerprint density at radius 1 is 1.10 bits per heavy atom. The second-order valence-corrected chi connectivity index (χ2v) is 4.01. The Labute approximate surface area is 113 Å². The van der Waals surface area contributed by atoms with Crippen molar-refractivity contribution < 1.29 is 17.9 Å². The highest BCUT2D eigenvalue weighted by Gasteiger charge is 2.34. The molecule has 0 fully saturated rings. The highest BCUT2D eigenvalue weighted by atomic mass is 19.4.